The fraction of sp³-hybridized carbons (Fsp3) is 0.474. The fourth-order valence-electron chi connectivity index (χ4n) is 3.41. The van der Waals surface area contributed by atoms with Crippen LogP contribution in [0.15, 0.2) is 30.6 Å². The van der Waals surface area contributed by atoms with Crippen molar-refractivity contribution in [3.05, 3.63) is 47.5 Å². The van der Waals surface area contributed by atoms with E-state index in [9.17, 15) is 9.59 Å². The lowest BCUT2D eigenvalue weighted by atomic mass is 10.0. The van der Waals surface area contributed by atoms with E-state index < -0.39 is 0 Å². The average molecular weight is 355 g/mol. The lowest BCUT2D eigenvalue weighted by Gasteiger charge is -2.26. The Morgan fingerprint density at radius 2 is 2.12 bits per heavy atom. The fourth-order valence-corrected chi connectivity index (χ4v) is 3.41. The van der Waals surface area contributed by atoms with Gasteiger partial charge in [-0.3, -0.25) is 19.3 Å². The molecule has 0 spiro atoms. The second kappa shape index (κ2) is 7.68. The number of hydrogen-bond acceptors (Lipinski definition) is 4. The summed E-state index contributed by atoms with van der Waals surface area (Å²) in [6, 6.07) is 5.87. The highest BCUT2D eigenvalue weighted by Crippen LogP contribution is 2.33. The van der Waals surface area contributed by atoms with Crippen LogP contribution in [-0.4, -0.2) is 38.0 Å². The summed E-state index contributed by atoms with van der Waals surface area (Å²) in [7, 11) is 0. The molecule has 3 heterocycles. The van der Waals surface area contributed by atoms with Crippen molar-refractivity contribution in [3.63, 3.8) is 0 Å². The molecule has 0 saturated carbocycles. The number of hydrogen-bond donors (Lipinski definition) is 1. The summed E-state index contributed by atoms with van der Waals surface area (Å²) in [6.07, 6.45) is 5.31. The van der Waals surface area contributed by atoms with Gasteiger partial charge in [-0.15, -0.1) is 0 Å². The Bertz CT molecular complexity index is 799. The zero-order valence-electron chi connectivity index (χ0n) is 15.5. The van der Waals surface area contributed by atoms with E-state index in [2.05, 4.69) is 15.4 Å². The van der Waals surface area contributed by atoms with Gasteiger partial charge in [-0.25, -0.2) is 0 Å². The molecule has 2 aromatic heterocycles. The van der Waals surface area contributed by atoms with Crippen LogP contribution in [-0.2, 0) is 11.3 Å². The molecule has 138 valence electrons. The quantitative estimate of drug-likeness (QED) is 0.893. The van der Waals surface area contributed by atoms with Crippen LogP contribution in [0.3, 0.4) is 0 Å². The lowest BCUT2D eigenvalue weighted by molar-refractivity contribution is -0.119. The Morgan fingerprint density at radius 3 is 2.85 bits per heavy atom. The Hall–Kier alpha value is -2.70. The molecule has 1 fully saturated rings. The summed E-state index contributed by atoms with van der Waals surface area (Å²) in [6.45, 7) is 6.64. The van der Waals surface area contributed by atoms with E-state index >= 15 is 0 Å². The van der Waals surface area contributed by atoms with Gasteiger partial charge < -0.3 is 10.2 Å². The molecule has 1 atom stereocenters. The maximum atomic E-state index is 13.1. The largest absolute Gasteiger partial charge is 0.351 e. The molecule has 2 amide bonds. The minimum atomic E-state index is -0.0863. The third-order valence-corrected chi connectivity index (χ3v) is 4.64. The van der Waals surface area contributed by atoms with Gasteiger partial charge in [0.05, 0.1) is 18.3 Å². The molecule has 1 aliphatic heterocycles. The minimum Gasteiger partial charge on any atom is -0.351 e. The van der Waals surface area contributed by atoms with E-state index in [1.54, 1.807) is 23.1 Å². The summed E-state index contributed by atoms with van der Waals surface area (Å²) in [4.78, 5) is 30.5. The third kappa shape index (κ3) is 3.76. The van der Waals surface area contributed by atoms with Crippen molar-refractivity contribution in [2.75, 3.05) is 6.54 Å². The maximum Gasteiger partial charge on any atom is 0.272 e. The highest BCUT2D eigenvalue weighted by molar-refractivity contribution is 5.93. The number of aromatic nitrogens is 3. The molecule has 1 N–H and O–H groups in total. The molecule has 0 bridgehead atoms. The predicted molar refractivity (Wildman–Crippen MR) is 97.4 cm³/mol. The van der Waals surface area contributed by atoms with Crippen molar-refractivity contribution in [2.24, 2.45) is 0 Å². The highest BCUT2D eigenvalue weighted by Gasteiger charge is 2.32. The molecule has 1 saturated heterocycles. The summed E-state index contributed by atoms with van der Waals surface area (Å²) < 4.78 is 1.77. The summed E-state index contributed by atoms with van der Waals surface area (Å²) >= 11 is 0. The molecule has 2 aromatic rings. The zero-order valence-corrected chi connectivity index (χ0v) is 15.5. The summed E-state index contributed by atoms with van der Waals surface area (Å²) in [5.41, 5.74) is 2.48. The number of amides is 2. The molecule has 7 heteroatoms. The van der Waals surface area contributed by atoms with Gasteiger partial charge >= 0.3 is 0 Å². The maximum absolute atomic E-state index is 13.1. The molecule has 1 aliphatic rings. The van der Waals surface area contributed by atoms with Crippen LogP contribution >= 0.6 is 0 Å². The molecule has 0 radical (unpaired) electrons. The van der Waals surface area contributed by atoms with Crippen LogP contribution in [0.4, 0.5) is 0 Å². The smallest absolute Gasteiger partial charge is 0.272 e. The zero-order chi connectivity index (χ0) is 18.7. The van der Waals surface area contributed by atoms with Gasteiger partial charge in [0.1, 0.15) is 5.69 Å². The van der Waals surface area contributed by atoms with E-state index in [4.69, 9.17) is 0 Å². The number of likely N-dealkylation sites (tertiary alicyclic amines) is 1. The first kappa shape index (κ1) is 18.1. The molecule has 26 heavy (non-hydrogen) atoms. The first-order valence-electron chi connectivity index (χ1n) is 9.01. The molecule has 0 aromatic carbocycles. The van der Waals surface area contributed by atoms with Gasteiger partial charge in [0.15, 0.2) is 0 Å². The van der Waals surface area contributed by atoms with Crippen LogP contribution in [0.25, 0.3) is 0 Å². The second-order valence-corrected chi connectivity index (χ2v) is 6.90. The predicted octanol–water partition coefficient (Wildman–Crippen LogP) is 2.47. The second-order valence-electron chi connectivity index (χ2n) is 6.90. The van der Waals surface area contributed by atoms with Gasteiger partial charge in [0.25, 0.3) is 5.91 Å². The molecule has 0 aliphatic carbocycles. The van der Waals surface area contributed by atoms with E-state index in [0.29, 0.717) is 12.2 Å². The van der Waals surface area contributed by atoms with Gasteiger partial charge in [0.2, 0.25) is 5.91 Å². The Balaban J connectivity index is 1.82. The van der Waals surface area contributed by atoms with Gasteiger partial charge in [0, 0.05) is 31.9 Å². The van der Waals surface area contributed by atoms with E-state index in [1.807, 2.05) is 30.9 Å². The molecular weight excluding hydrogens is 330 g/mol. The SMILES string of the molecule is CC(=O)NCc1cc(C2CCCN2C(=O)c2ccnn2C(C)C)ccn1. The van der Waals surface area contributed by atoms with Crippen LogP contribution in [0.2, 0.25) is 0 Å². The van der Waals surface area contributed by atoms with Gasteiger partial charge in [-0.2, -0.15) is 5.10 Å². The number of nitrogens with zero attached hydrogens (tertiary/aromatic N) is 4. The van der Waals surface area contributed by atoms with Crippen molar-refractivity contribution in [1.82, 2.24) is 25.0 Å². The van der Waals surface area contributed by atoms with E-state index in [1.165, 1.54) is 6.92 Å². The van der Waals surface area contributed by atoms with Crippen LogP contribution in [0.5, 0.6) is 0 Å². The monoisotopic (exact) mass is 355 g/mol. The van der Waals surface area contributed by atoms with Crippen LogP contribution in [0.1, 0.15) is 67.4 Å². The molecular formula is C19H25N5O2. The van der Waals surface area contributed by atoms with Crippen LogP contribution in [0, 0.1) is 0 Å². The van der Waals surface area contributed by atoms with Crippen molar-refractivity contribution in [1.29, 1.82) is 0 Å². The number of nitrogens with one attached hydrogen (secondary N) is 1. The standard InChI is InChI=1S/C19H25N5O2/c1-13(2)24-18(7-9-22-24)19(26)23-10-4-5-17(23)15-6-8-20-16(11-15)12-21-14(3)25/h6-9,11,13,17H,4-5,10,12H2,1-3H3,(H,21,25). The van der Waals surface area contributed by atoms with E-state index in [-0.39, 0.29) is 23.9 Å². The molecule has 7 nitrogen and oxygen atoms in total. The molecule has 1 unspecified atom stereocenters. The van der Waals surface area contributed by atoms with Gasteiger partial charge in [-0.1, -0.05) is 0 Å². The summed E-state index contributed by atoms with van der Waals surface area (Å²) in [5, 5.41) is 7.04. The number of carbonyl (C=O) groups excluding carboxylic acids is 2. The van der Waals surface area contributed by atoms with Gasteiger partial charge in [-0.05, 0) is 50.5 Å². The van der Waals surface area contributed by atoms with Crippen molar-refractivity contribution >= 4 is 11.8 Å². The minimum absolute atomic E-state index is 0.0129. The topological polar surface area (TPSA) is 80.1 Å². The first-order chi connectivity index (χ1) is 12.5. The summed E-state index contributed by atoms with van der Waals surface area (Å²) in [5.74, 6) is -0.0734. The van der Waals surface area contributed by atoms with Crippen molar-refractivity contribution < 1.29 is 9.59 Å². The Morgan fingerprint density at radius 1 is 1.31 bits per heavy atom. The number of pyridine rings is 1. The lowest BCUT2D eigenvalue weighted by Crippen LogP contribution is -2.32. The van der Waals surface area contributed by atoms with Crippen molar-refractivity contribution in [3.8, 4) is 0 Å². The average Bonchev–Trinajstić information content (AvgIpc) is 3.29. The molecule has 3 rings (SSSR count). The highest BCUT2D eigenvalue weighted by atomic mass is 16.2. The van der Waals surface area contributed by atoms with Crippen LogP contribution < -0.4 is 5.32 Å². The third-order valence-electron chi connectivity index (χ3n) is 4.64. The number of rotatable bonds is 5. The van der Waals surface area contributed by atoms with E-state index in [0.717, 1.165) is 30.6 Å². The number of carbonyl (C=O) groups is 2. The Kier molecular flexibility index (Phi) is 5.35. The van der Waals surface area contributed by atoms with Crippen molar-refractivity contribution in [2.45, 2.75) is 52.2 Å². The normalized spacial score (nSPS) is 16.9. The first-order valence-corrected chi connectivity index (χ1v) is 9.01. The Labute approximate surface area is 153 Å².